The topological polar surface area (TPSA) is 36.9 Å². The number of hydrogen-bond donors (Lipinski definition) is 0. The Balaban J connectivity index is 5.27. The summed E-state index contributed by atoms with van der Waals surface area (Å²) in [7, 11) is 4.84. The van der Waals surface area contributed by atoms with Crippen LogP contribution in [0.5, 0.6) is 0 Å². The quantitative estimate of drug-likeness (QED) is 0.228. The Kier molecular flexibility index (Phi) is 12.5. The molecule has 0 saturated carbocycles. The van der Waals surface area contributed by atoms with Crippen LogP contribution in [-0.2, 0) is 18.9 Å². The molecule has 0 radical (unpaired) electrons. The van der Waals surface area contributed by atoms with Gasteiger partial charge in [-0.3, -0.25) is 0 Å². The number of methoxy groups -OCH3 is 3. The number of unbranched alkanes of at least 4 members (excludes halogenated alkanes) is 4. The largest absolute Gasteiger partial charge is 0.487 e. The van der Waals surface area contributed by atoms with Crippen molar-refractivity contribution >= 4 is 0 Å². The Labute approximate surface area is 143 Å². The zero-order valence-corrected chi connectivity index (χ0v) is 16.2. The summed E-state index contributed by atoms with van der Waals surface area (Å²) in [6.45, 7) is 6.46. The molecular weight excluding hydrogens is 292 g/mol. The van der Waals surface area contributed by atoms with E-state index in [0.717, 1.165) is 32.1 Å². The number of hydrogen-bond acceptors (Lipinski definition) is 4. The highest BCUT2D eigenvalue weighted by Gasteiger charge is 2.55. The third-order valence-corrected chi connectivity index (χ3v) is 4.33. The van der Waals surface area contributed by atoms with E-state index >= 15 is 0 Å². The van der Waals surface area contributed by atoms with Crippen molar-refractivity contribution in [2.24, 2.45) is 0 Å². The van der Waals surface area contributed by atoms with E-state index in [2.05, 4.69) is 20.8 Å². The monoisotopic (exact) mass is 330 g/mol. The molecule has 0 bridgehead atoms. The van der Waals surface area contributed by atoms with Gasteiger partial charge in [-0.1, -0.05) is 59.0 Å². The molecule has 0 heterocycles. The van der Waals surface area contributed by atoms with Gasteiger partial charge < -0.3 is 18.9 Å². The average molecular weight is 331 g/mol. The Hall–Kier alpha value is -0.580. The lowest BCUT2D eigenvalue weighted by Crippen LogP contribution is -2.59. The van der Waals surface area contributed by atoms with Crippen molar-refractivity contribution in [2.75, 3.05) is 21.3 Å². The fraction of sp³-hybridized carbons (Fsp3) is 0.895. The van der Waals surface area contributed by atoms with E-state index in [1.807, 2.05) is 6.08 Å². The summed E-state index contributed by atoms with van der Waals surface area (Å²) in [5.41, 5.74) is -0.641. The van der Waals surface area contributed by atoms with Gasteiger partial charge in [-0.05, 0) is 25.7 Å². The van der Waals surface area contributed by atoms with E-state index in [9.17, 15) is 0 Å². The van der Waals surface area contributed by atoms with Gasteiger partial charge in [0.1, 0.15) is 0 Å². The Morgan fingerprint density at radius 3 is 1.83 bits per heavy atom. The minimum atomic E-state index is -1.19. The first-order valence-electron chi connectivity index (χ1n) is 9.10. The summed E-state index contributed by atoms with van der Waals surface area (Å²) in [4.78, 5) is 0. The first-order valence-corrected chi connectivity index (χ1v) is 9.10. The lowest BCUT2D eigenvalue weighted by molar-refractivity contribution is -0.422. The molecule has 1 atom stereocenters. The zero-order valence-electron chi connectivity index (χ0n) is 16.2. The highest BCUT2D eigenvalue weighted by atomic mass is 16.9. The van der Waals surface area contributed by atoms with Crippen molar-refractivity contribution in [1.29, 1.82) is 0 Å². The summed E-state index contributed by atoms with van der Waals surface area (Å²) in [5, 5.41) is 0. The van der Waals surface area contributed by atoms with Crippen LogP contribution in [-0.4, -0.2) is 32.9 Å². The van der Waals surface area contributed by atoms with Crippen LogP contribution in [0.1, 0.15) is 78.6 Å². The molecule has 0 rings (SSSR count). The molecule has 0 fully saturated rings. The number of allylic oxidation sites excluding steroid dienone is 1. The minimum absolute atomic E-state index is 0.641. The van der Waals surface area contributed by atoms with Crippen LogP contribution in [0, 0.1) is 0 Å². The molecule has 0 spiro atoms. The van der Waals surface area contributed by atoms with Crippen LogP contribution in [0.2, 0.25) is 0 Å². The fourth-order valence-electron chi connectivity index (χ4n) is 3.12. The van der Waals surface area contributed by atoms with Gasteiger partial charge in [0.25, 0.3) is 0 Å². The molecule has 0 N–H and O–H groups in total. The standard InChI is InChI=1S/C19H38O4/c1-7-10-12-13-14-16-18(15-9-3,23-17-11-8-2)19(20-4,21-5)22-6/h11,17H,7-10,12-16H2,1-6H3. The summed E-state index contributed by atoms with van der Waals surface area (Å²) in [6, 6.07) is 0. The highest BCUT2D eigenvalue weighted by Crippen LogP contribution is 2.40. The van der Waals surface area contributed by atoms with Crippen LogP contribution in [0.3, 0.4) is 0 Å². The molecule has 1 unspecified atom stereocenters. The van der Waals surface area contributed by atoms with E-state index in [1.54, 1.807) is 27.6 Å². The molecule has 0 aliphatic heterocycles. The molecule has 0 aromatic heterocycles. The predicted octanol–water partition coefficient (Wildman–Crippen LogP) is 5.42. The van der Waals surface area contributed by atoms with Crippen molar-refractivity contribution < 1.29 is 18.9 Å². The van der Waals surface area contributed by atoms with Crippen molar-refractivity contribution in [3.8, 4) is 0 Å². The van der Waals surface area contributed by atoms with Gasteiger partial charge in [0.15, 0.2) is 5.60 Å². The molecule has 0 aliphatic carbocycles. The van der Waals surface area contributed by atoms with Crippen LogP contribution in [0.15, 0.2) is 12.3 Å². The Bertz CT molecular complexity index is 291. The second-order valence-electron chi connectivity index (χ2n) is 5.97. The van der Waals surface area contributed by atoms with Gasteiger partial charge in [-0.15, -0.1) is 0 Å². The van der Waals surface area contributed by atoms with Gasteiger partial charge in [-0.25, -0.2) is 0 Å². The minimum Gasteiger partial charge on any atom is -0.487 e. The normalized spacial score (nSPS) is 15.0. The summed E-state index contributed by atoms with van der Waals surface area (Å²) in [6.07, 6.45) is 13.4. The molecular formula is C19H38O4. The Morgan fingerprint density at radius 1 is 0.739 bits per heavy atom. The zero-order chi connectivity index (χ0) is 17.6. The van der Waals surface area contributed by atoms with Crippen LogP contribution < -0.4 is 0 Å². The molecule has 0 amide bonds. The van der Waals surface area contributed by atoms with Crippen molar-refractivity contribution in [3.63, 3.8) is 0 Å². The van der Waals surface area contributed by atoms with Gasteiger partial charge in [0.05, 0.1) is 6.26 Å². The lowest BCUT2D eigenvalue weighted by Gasteiger charge is -2.46. The molecule has 4 heteroatoms. The number of ether oxygens (including phenoxy) is 4. The molecule has 23 heavy (non-hydrogen) atoms. The summed E-state index contributed by atoms with van der Waals surface area (Å²) < 4.78 is 23.2. The van der Waals surface area contributed by atoms with Crippen LogP contribution >= 0.6 is 0 Å². The van der Waals surface area contributed by atoms with E-state index in [-0.39, 0.29) is 0 Å². The first-order chi connectivity index (χ1) is 11.1. The van der Waals surface area contributed by atoms with Crippen molar-refractivity contribution in [1.82, 2.24) is 0 Å². The maximum atomic E-state index is 6.20. The van der Waals surface area contributed by atoms with E-state index in [4.69, 9.17) is 18.9 Å². The van der Waals surface area contributed by atoms with Gasteiger partial charge in [-0.2, -0.15) is 0 Å². The lowest BCUT2D eigenvalue weighted by atomic mass is 9.87. The second kappa shape index (κ2) is 12.8. The second-order valence-corrected chi connectivity index (χ2v) is 5.97. The SMILES string of the molecule is CCC=COC(CCC)(CCCCCCC)C(OC)(OC)OC. The van der Waals surface area contributed by atoms with E-state index in [1.165, 1.54) is 25.7 Å². The molecule has 0 aliphatic rings. The summed E-state index contributed by atoms with van der Waals surface area (Å²) in [5.74, 6) is -1.19. The van der Waals surface area contributed by atoms with E-state index < -0.39 is 11.6 Å². The maximum absolute atomic E-state index is 6.20. The smallest absolute Gasteiger partial charge is 0.324 e. The third-order valence-electron chi connectivity index (χ3n) is 4.33. The molecule has 0 aromatic rings. The molecule has 4 nitrogen and oxygen atoms in total. The fourth-order valence-corrected chi connectivity index (χ4v) is 3.12. The van der Waals surface area contributed by atoms with Crippen molar-refractivity contribution in [3.05, 3.63) is 12.3 Å². The summed E-state index contributed by atoms with van der Waals surface area (Å²) >= 11 is 0. The third kappa shape index (κ3) is 6.44. The first kappa shape index (κ1) is 22.4. The van der Waals surface area contributed by atoms with Gasteiger partial charge in [0.2, 0.25) is 0 Å². The highest BCUT2D eigenvalue weighted by molar-refractivity contribution is 4.93. The number of rotatable bonds is 15. The molecule has 0 saturated heterocycles. The van der Waals surface area contributed by atoms with E-state index in [0.29, 0.717) is 0 Å². The average Bonchev–Trinajstić information content (AvgIpc) is 2.57. The van der Waals surface area contributed by atoms with Gasteiger partial charge in [0, 0.05) is 21.3 Å². The molecule has 138 valence electrons. The van der Waals surface area contributed by atoms with Crippen molar-refractivity contribution in [2.45, 2.75) is 90.1 Å². The van der Waals surface area contributed by atoms with Crippen LogP contribution in [0.25, 0.3) is 0 Å². The predicted molar refractivity (Wildman–Crippen MR) is 95.3 cm³/mol. The maximum Gasteiger partial charge on any atom is 0.324 e. The Morgan fingerprint density at radius 2 is 1.35 bits per heavy atom. The van der Waals surface area contributed by atoms with Crippen LogP contribution in [0.4, 0.5) is 0 Å². The molecule has 0 aromatic carbocycles. The van der Waals surface area contributed by atoms with Gasteiger partial charge >= 0.3 is 5.97 Å².